The second kappa shape index (κ2) is 13.6. The number of fused-ring (bicyclic) bond motifs is 2. The lowest BCUT2D eigenvalue weighted by Gasteiger charge is -2.49. The topological polar surface area (TPSA) is 107 Å². The molecule has 1 aliphatic carbocycles. The number of aliphatic hydroxyl groups excluding tert-OH is 1. The summed E-state index contributed by atoms with van der Waals surface area (Å²) in [6, 6.07) is 0. The molecule has 51 heavy (non-hydrogen) atoms. The van der Waals surface area contributed by atoms with Gasteiger partial charge in [0, 0.05) is 54.8 Å². The molecule has 12 atom stereocenters. The van der Waals surface area contributed by atoms with Crippen LogP contribution in [0.4, 0.5) is 0 Å². The van der Waals surface area contributed by atoms with Crippen LogP contribution in [0, 0.1) is 29.1 Å². The Hall–Kier alpha value is -2.10. The molecule has 6 aliphatic heterocycles. The number of carbonyl (C=O) groups excluding carboxylic acids is 1. The first-order valence-electron chi connectivity index (χ1n) is 20.0. The molecule has 0 aromatic heterocycles. The van der Waals surface area contributed by atoms with E-state index in [0.29, 0.717) is 49.5 Å². The number of hydrogen-bond donors (Lipinski definition) is 2. The number of allylic oxidation sites excluding steroid dienone is 2. The van der Waals surface area contributed by atoms with Crippen molar-refractivity contribution in [1.82, 2.24) is 0 Å². The zero-order chi connectivity index (χ0) is 36.5. The van der Waals surface area contributed by atoms with Gasteiger partial charge in [-0.25, -0.2) is 4.79 Å². The van der Waals surface area contributed by atoms with E-state index < -0.39 is 23.3 Å². The molecule has 0 radical (unpaired) electrons. The van der Waals surface area contributed by atoms with Gasteiger partial charge in [-0.15, -0.1) is 0 Å². The summed E-state index contributed by atoms with van der Waals surface area (Å²) in [5, 5.41) is 23.6. The molecule has 3 saturated heterocycles. The van der Waals surface area contributed by atoms with Crippen LogP contribution in [-0.2, 0) is 23.7 Å². The van der Waals surface area contributed by atoms with Crippen LogP contribution in [0.15, 0.2) is 51.6 Å². The molecule has 6 heterocycles. The van der Waals surface area contributed by atoms with E-state index in [1.807, 2.05) is 19.9 Å². The average Bonchev–Trinajstić information content (AvgIpc) is 3.67. The Bertz CT molecular complexity index is 1540. The summed E-state index contributed by atoms with van der Waals surface area (Å²) in [5.41, 5.74) is 5.19. The van der Waals surface area contributed by atoms with Crippen LogP contribution in [0.1, 0.15) is 132 Å². The Morgan fingerprint density at radius 1 is 0.941 bits per heavy atom. The van der Waals surface area contributed by atoms with Gasteiger partial charge in [-0.1, -0.05) is 44.6 Å². The summed E-state index contributed by atoms with van der Waals surface area (Å²) in [5.74, 6) is -1.04. The number of nitrogens with zero attached hydrogens (tertiary/aromatic N) is 1. The minimum Gasteiger partial charge on any atom is -0.450 e. The van der Waals surface area contributed by atoms with E-state index in [2.05, 4.69) is 47.3 Å². The van der Waals surface area contributed by atoms with Crippen molar-refractivity contribution in [1.29, 1.82) is 0 Å². The Labute approximate surface area is 305 Å². The predicted molar refractivity (Wildman–Crippen MR) is 198 cm³/mol. The second-order valence-electron chi connectivity index (χ2n) is 18.1. The number of hydrogen-bond acceptors (Lipinski definition) is 8. The normalized spacial score (nSPS) is 47.8. The number of aliphatic imine (C=N–C) groups is 1. The van der Waals surface area contributed by atoms with Crippen molar-refractivity contribution < 1.29 is 34.0 Å². The van der Waals surface area contributed by atoms with Gasteiger partial charge in [0.15, 0.2) is 5.79 Å². The summed E-state index contributed by atoms with van der Waals surface area (Å²) in [6.45, 7) is 20.2. The third kappa shape index (κ3) is 6.68. The fourth-order valence-corrected chi connectivity index (χ4v) is 10.8. The molecule has 2 N–H and O–H groups in total. The number of esters is 1. The van der Waals surface area contributed by atoms with Crippen LogP contribution in [0.2, 0.25) is 0 Å². The second-order valence-corrected chi connectivity index (χ2v) is 18.1. The number of ether oxygens (including phenoxy) is 4. The third-order valence-corrected chi connectivity index (χ3v) is 14.3. The molecule has 4 bridgehead atoms. The molecule has 0 amide bonds. The zero-order valence-corrected chi connectivity index (χ0v) is 32.3. The van der Waals surface area contributed by atoms with E-state index in [1.165, 1.54) is 22.4 Å². The maximum Gasteiger partial charge on any atom is 0.334 e. The van der Waals surface area contributed by atoms with Crippen LogP contribution in [-0.4, -0.2) is 70.0 Å². The van der Waals surface area contributed by atoms with Gasteiger partial charge in [0.25, 0.3) is 0 Å². The number of rotatable bonds is 1. The maximum absolute atomic E-state index is 12.5. The van der Waals surface area contributed by atoms with Crippen LogP contribution in [0.25, 0.3) is 0 Å². The lowest BCUT2D eigenvalue weighted by molar-refractivity contribution is -0.387. The summed E-state index contributed by atoms with van der Waals surface area (Å²) in [6.07, 6.45) is 13.1. The highest BCUT2D eigenvalue weighted by Crippen LogP contribution is 2.57. The van der Waals surface area contributed by atoms with Gasteiger partial charge in [-0.3, -0.25) is 4.99 Å². The highest BCUT2D eigenvalue weighted by Gasteiger charge is 2.64. The van der Waals surface area contributed by atoms with E-state index in [0.717, 1.165) is 63.5 Å². The van der Waals surface area contributed by atoms with Gasteiger partial charge in [-0.05, 0) is 120 Å². The minimum absolute atomic E-state index is 0.0156. The van der Waals surface area contributed by atoms with Crippen LogP contribution in [0.5, 0.6) is 0 Å². The molecule has 3 fully saturated rings. The van der Waals surface area contributed by atoms with Gasteiger partial charge in [-0.2, -0.15) is 0 Å². The van der Waals surface area contributed by atoms with E-state index in [1.54, 1.807) is 0 Å². The first kappa shape index (κ1) is 37.2. The van der Waals surface area contributed by atoms with E-state index in [-0.39, 0.29) is 41.5 Å². The highest BCUT2D eigenvalue weighted by molar-refractivity contribution is 5.92. The van der Waals surface area contributed by atoms with Gasteiger partial charge >= 0.3 is 5.97 Å². The standard InChI is InChI=1S/C43H63NO7/c1-25-10-9-11-38-41(22-28(4)30(6)24-44-38)15-13-33(37-20-27(3)39(46)48-37)31(7)34(41)19-26(2)35(45)21-36-29(5)23-42(50-36)16-17-43(51-42)40(8,47)14-12-32(18-25)49-43/h19-20,28-30,32,34-37,45,47H,1,9-18,21-24H2,2-8H3/b26-19+. The molecule has 0 saturated carbocycles. The van der Waals surface area contributed by atoms with Crippen molar-refractivity contribution in [2.24, 2.45) is 34.1 Å². The Morgan fingerprint density at radius 2 is 1.73 bits per heavy atom. The number of aliphatic hydroxyl groups is 2. The zero-order valence-electron chi connectivity index (χ0n) is 32.3. The molecule has 8 heteroatoms. The molecule has 12 unspecified atom stereocenters. The van der Waals surface area contributed by atoms with Gasteiger partial charge in [0.2, 0.25) is 5.79 Å². The van der Waals surface area contributed by atoms with Crippen molar-refractivity contribution in [3.63, 3.8) is 0 Å². The molecular formula is C43H63NO7. The van der Waals surface area contributed by atoms with Crippen LogP contribution < -0.4 is 0 Å². The molecule has 0 aromatic carbocycles. The molecule has 3 spiro atoms. The highest BCUT2D eigenvalue weighted by atomic mass is 16.8. The van der Waals surface area contributed by atoms with Crippen LogP contribution in [0.3, 0.4) is 0 Å². The van der Waals surface area contributed by atoms with Crippen molar-refractivity contribution in [2.45, 2.75) is 174 Å². The van der Waals surface area contributed by atoms with Crippen molar-refractivity contribution in [3.8, 4) is 0 Å². The van der Waals surface area contributed by atoms with E-state index in [4.69, 9.17) is 23.9 Å². The fourth-order valence-electron chi connectivity index (χ4n) is 10.8. The number of cyclic esters (lactones) is 1. The quantitative estimate of drug-likeness (QED) is 0.210. The Morgan fingerprint density at radius 3 is 2.47 bits per heavy atom. The summed E-state index contributed by atoms with van der Waals surface area (Å²) in [7, 11) is 0. The summed E-state index contributed by atoms with van der Waals surface area (Å²) >= 11 is 0. The molecule has 282 valence electrons. The predicted octanol–water partition coefficient (Wildman–Crippen LogP) is 8.07. The SMILES string of the molecule is C=C1CCCC2=NCC(C)C(C)CC23CCC(C2C=C(C)C(=O)O2)=C(C)C3/C=C(\C)C(O)CC2OC3(CCC4(OC(CCC4(C)O)C1)O3)CC2C. The molecule has 7 rings (SSSR count). The van der Waals surface area contributed by atoms with Gasteiger partial charge in [0.05, 0.1) is 18.3 Å². The largest absolute Gasteiger partial charge is 0.450 e. The Kier molecular flexibility index (Phi) is 9.95. The molecule has 8 nitrogen and oxygen atoms in total. The van der Waals surface area contributed by atoms with Crippen LogP contribution >= 0.6 is 0 Å². The third-order valence-electron chi connectivity index (χ3n) is 14.3. The first-order chi connectivity index (χ1) is 24.1. The minimum atomic E-state index is -1.12. The lowest BCUT2D eigenvalue weighted by Crippen LogP contribution is -2.60. The number of carbonyl (C=O) groups is 1. The van der Waals surface area contributed by atoms with Crippen molar-refractivity contribution >= 4 is 11.7 Å². The van der Waals surface area contributed by atoms with Crippen molar-refractivity contribution in [2.75, 3.05) is 6.54 Å². The van der Waals surface area contributed by atoms with Crippen molar-refractivity contribution in [3.05, 3.63) is 46.6 Å². The average molecular weight is 706 g/mol. The molecular weight excluding hydrogens is 642 g/mol. The monoisotopic (exact) mass is 705 g/mol. The first-order valence-corrected chi connectivity index (χ1v) is 20.0. The summed E-state index contributed by atoms with van der Waals surface area (Å²) in [4.78, 5) is 18.0. The van der Waals surface area contributed by atoms with Gasteiger partial charge < -0.3 is 29.2 Å². The fraction of sp³-hybridized carbons (Fsp3) is 0.767. The maximum atomic E-state index is 12.5. The molecule has 0 aromatic rings. The van der Waals surface area contributed by atoms with E-state index in [9.17, 15) is 15.0 Å². The summed E-state index contributed by atoms with van der Waals surface area (Å²) < 4.78 is 26.3. The Balaban J connectivity index is 1.28. The van der Waals surface area contributed by atoms with E-state index >= 15 is 0 Å². The molecule has 7 aliphatic rings. The van der Waals surface area contributed by atoms with Gasteiger partial charge in [0.1, 0.15) is 11.7 Å². The smallest absolute Gasteiger partial charge is 0.334 e. The lowest BCUT2D eigenvalue weighted by atomic mass is 9.56.